The Hall–Kier alpha value is -1.56. The van der Waals surface area contributed by atoms with Crippen molar-refractivity contribution in [3.8, 4) is 0 Å². The zero-order valence-electron chi connectivity index (χ0n) is 8.97. The van der Waals surface area contributed by atoms with E-state index in [1.54, 1.807) is 0 Å². The van der Waals surface area contributed by atoms with Crippen LogP contribution in [0.2, 0.25) is 0 Å². The summed E-state index contributed by atoms with van der Waals surface area (Å²) in [6.07, 6.45) is 0.348. The van der Waals surface area contributed by atoms with Crippen molar-refractivity contribution >= 4 is 5.91 Å². The molecule has 0 aliphatic rings. The van der Waals surface area contributed by atoms with Gasteiger partial charge in [-0.3, -0.25) is 4.79 Å². The first-order valence-electron chi connectivity index (χ1n) is 5.05. The molecule has 0 aliphatic heterocycles. The number of carbonyl (C=O) groups is 1. The summed E-state index contributed by atoms with van der Waals surface area (Å²) in [5.41, 5.74) is -0.385. The number of hydrogen-bond donors (Lipinski definition) is 2. The van der Waals surface area contributed by atoms with Crippen LogP contribution < -0.4 is 5.32 Å². The van der Waals surface area contributed by atoms with Crippen molar-refractivity contribution in [3.05, 3.63) is 35.1 Å². The van der Waals surface area contributed by atoms with Crippen LogP contribution in [-0.2, 0) is 11.3 Å². The zero-order valence-corrected chi connectivity index (χ0v) is 8.97. The Labute approximate surface area is 96.3 Å². The number of benzene rings is 1. The molecule has 0 fully saturated rings. The van der Waals surface area contributed by atoms with Gasteiger partial charge in [0.2, 0.25) is 5.91 Å². The molecule has 2 N–H and O–H groups in total. The minimum atomic E-state index is -1.04. The highest BCUT2D eigenvalue weighted by atomic mass is 19.1. The van der Waals surface area contributed by atoms with Gasteiger partial charge >= 0.3 is 0 Å². The second kappa shape index (κ2) is 6.24. The van der Waals surface area contributed by atoms with Gasteiger partial charge in [-0.2, -0.15) is 0 Å². The molecule has 3 nitrogen and oxygen atoms in total. The average molecular weight is 247 g/mol. The fraction of sp³-hybridized carbons (Fsp3) is 0.364. The van der Waals surface area contributed by atoms with Gasteiger partial charge in [-0.25, -0.2) is 13.2 Å². The van der Waals surface area contributed by atoms with Crippen molar-refractivity contribution in [2.24, 2.45) is 0 Å². The molecule has 1 aromatic carbocycles. The normalized spacial score (nSPS) is 10.4. The monoisotopic (exact) mass is 247 g/mol. The lowest BCUT2D eigenvalue weighted by Crippen LogP contribution is -2.24. The van der Waals surface area contributed by atoms with E-state index in [2.05, 4.69) is 5.32 Å². The summed E-state index contributed by atoms with van der Waals surface area (Å²) in [5.74, 6) is -3.51. The molecule has 0 atom stereocenters. The summed E-state index contributed by atoms with van der Waals surface area (Å²) in [4.78, 5) is 11.1. The average Bonchev–Trinajstić information content (AvgIpc) is 2.24. The zero-order chi connectivity index (χ0) is 12.8. The molecule has 1 aromatic rings. The SMILES string of the molecule is O=C(CCCO)NCc1c(F)cc(F)cc1F. The van der Waals surface area contributed by atoms with E-state index in [4.69, 9.17) is 5.11 Å². The highest BCUT2D eigenvalue weighted by molar-refractivity contribution is 5.75. The van der Waals surface area contributed by atoms with E-state index in [1.165, 1.54) is 0 Å². The summed E-state index contributed by atoms with van der Waals surface area (Å²) in [7, 11) is 0. The maximum absolute atomic E-state index is 13.1. The van der Waals surface area contributed by atoms with Crippen LogP contribution in [-0.4, -0.2) is 17.6 Å². The molecule has 17 heavy (non-hydrogen) atoms. The second-order valence-corrected chi connectivity index (χ2v) is 3.45. The molecular weight excluding hydrogens is 235 g/mol. The number of carbonyl (C=O) groups excluding carboxylic acids is 1. The van der Waals surface area contributed by atoms with Crippen LogP contribution in [0.15, 0.2) is 12.1 Å². The number of aliphatic hydroxyl groups excluding tert-OH is 1. The van der Waals surface area contributed by atoms with Crippen LogP contribution in [0.25, 0.3) is 0 Å². The molecule has 1 amide bonds. The third kappa shape index (κ3) is 4.07. The van der Waals surface area contributed by atoms with E-state index in [9.17, 15) is 18.0 Å². The van der Waals surface area contributed by atoms with Gasteiger partial charge in [-0.05, 0) is 6.42 Å². The number of nitrogens with one attached hydrogen (secondary N) is 1. The second-order valence-electron chi connectivity index (χ2n) is 3.45. The van der Waals surface area contributed by atoms with Crippen molar-refractivity contribution in [1.29, 1.82) is 0 Å². The van der Waals surface area contributed by atoms with Gasteiger partial charge in [0.25, 0.3) is 0 Å². The molecule has 6 heteroatoms. The van der Waals surface area contributed by atoms with Crippen LogP contribution in [0.1, 0.15) is 18.4 Å². The van der Waals surface area contributed by atoms with Gasteiger partial charge in [0.15, 0.2) is 0 Å². The number of amides is 1. The third-order valence-electron chi connectivity index (χ3n) is 2.13. The van der Waals surface area contributed by atoms with Gasteiger partial charge < -0.3 is 10.4 Å². The molecule has 1 rings (SSSR count). The topological polar surface area (TPSA) is 49.3 Å². The van der Waals surface area contributed by atoms with Gasteiger partial charge in [-0.1, -0.05) is 0 Å². The molecule has 0 heterocycles. The number of halogens is 3. The largest absolute Gasteiger partial charge is 0.396 e. The molecule has 0 spiro atoms. The van der Waals surface area contributed by atoms with Crippen molar-refractivity contribution in [2.75, 3.05) is 6.61 Å². The van der Waals surface area contributed by atoms with Crippen LogP contribution in [0, 0.1) is 17.5 Å². The Morgan fingerprint density at radius 3 is 2.35 bits per heavy atom. The van der Waals surface area contributed by atoms with Gasteiger partial charge in [0.05, 0.1) is 0 Å². The van der Waals surface area contributed by atoms with Crippen LogP contribution in [0.5, 0.6) is 0 Å². The summed E-state index contributed by atoms with van der Waals surface area (Å²) >= 11 is 0. The highest BCUT2D eigenvalue weighted by Crippen LogP contribution is 2.14. The number of hydrogen-bond acceptors (Lipinski definition) is 2. The molecule has 0 saturated carbocycles. The Bertz CT molecular complexity index is 387. The molecule has 0 unspecified atom stereocenters. The highest BCUT2D eigenvalue weighted by Gasteiger charge is 2.12. The first-order valence-corrected chi connectivity index (χ1v) is 5.05. The lowest BCUT2D eigenvalue weighted by molar-refractivity contribution is -0.121. The third-order valence-corrected chi connectivity index (χ3v) is 2.13. The van der Waals surface area contributed by atoms with Crippen molar-refractivity contribution in [3.63, 3.8) is 0 Å². The lowest BCUT2D eigenvalue weighted by Gasteiger charge is -2.07. The Kier molecular flexibility index (Phi) is 4.96. The standard InChI is InChI=1S/C11H12F3NO2/c12-7-4-9(13)8(10(14)5-7)6-15-11(17)2-1-3-16/h4-5,16H,1-3,6H2,(H,15,17). The predicted molar refractivity (Wildman–Crippen MR) is 54.5 cm³/mol. The van der Waals surface area contributed by atoms with Gasteiger partial charge in [0, 0.05) is 37.3 Å². The summed E-state index contributed by atoms with van der Waals surface area (Å²) in [6, 6.07) is 1.11. The van der Waals surface area contributed by atoms with Crippen molar-refractivity contribution in [2.45, 2.75) is 19.4 Å². The summed E-state index contributed by atoms with van der Waals surface area (Å²) in [5, 5.41) is 10.8. The quantitative estimate of drug-likeness (QED) is 0.828. The Balaban J connectivity index is 2.60. The molecule has 0 radical (unpaired) electrons. The molecule has 0 bridgehead atoms. The smallest absolute Gasteiger partial charge is 0.220 e. The molecule has 0 aliphatic carbocycles. The molecule has 0 aromatic heterocycles. The fourth-order valence-electron chi connectivity index (χ4n) is 1.26. The van der Waals surface area contributed by atoms with Crippen LogP contribution in [0.4, 0.5) is 13.2 Å². The van der Waals surface area contributed by atoms with Gasteiger partial charge in [-0.15, -0.1) is 0 Å². The van der Waals surface area contributed by atoms with Crippen molar-refractivity contribution < 1.29 is 23.1 Å². The van der Waals surface area contributed by atoms with E-state index < -0.39 is 23.4 Å². The molecule has 94 valence electrons. The lowest BCUT2D eigenvalue weighted by atomic mass is 10.2. The minimum absolute atomic E-state index is 0.0704. The maximum Gasteiger partial charge on any atom is 0.220 e. The Morgan fingerprint density at radius 2 is 1.82 bits per heavy atom. The van der Waals surface area contributed by atoms with Crippen molar-refractivity contribution in [1.82, 2.24) is 5.32 Å². The van der Waals surface area contributed by atoms with E-state index >= 15 is 0 Å². The maximum atomic E-state index is 13.1. The summed E-state index contributed by atoms with van der Waals surface area (Å²) in [6.45, 7) is -0.477. The van der Waals surface area contributed by atoms with E-state index in [1.807, 2.05) is 0 Å². The molecular formula is C11H12F3NO2. The Morgan fingerprint density at radius 1 is 1.24 bits per heavy atom. The fourth-order valence-corrected chi connectivity index (χ4v) is 1.26. The molecule has 0 saturated heterocycles. The van der Waals surface area contributed by atoms with Crippen LogP contribution >= 0.6 is 0 Å². The summed E-state index contributed by atoms with van der Waals surface area (Å²) < 4.78 is 38.9. The number of rotatable bonds is 5. The predicted octanol–water partition coefficient (Wildman–Crippen LogP) is 1.49. The first kappa shape index (κ1) is 13.5. The van der Waals surface area contributed by atoms with E-state index in [0.717, 1.165) is 0 Å². The van der Waals surface area contributed by atoms with E-state index in [0.29, 0.717) is 12.1 Å². The minimum Gasteiger partial charge on any atom is -0.396 e. The number of aliphatic hydroxyl groups is 1. The van der Waals surface area contributed by atoms with Crippen LogP contribution in [0.3, 0.4) is 0 Å². The first-order chi connectivity index (χ1) is 8.04. The van der Waals surface area contributed by atoms with E-state index in [-0.39, 0.29) is 31.6 Å². The van der Waals surface area contributed by atoms with Gasteiger partial charge in [0.1, 0.15) is 17.5 Å².